The molecule has 1 N–H and O–H groups in total. The Bertz CT molecular complexity index is 948. The van der Waals surface area contributed by atoms with Gasteiger partial charge in [-0.25, -0.2) is 0 Å². The molecule has 0 aromatic heterocycles. The Kier molecular flexibility index (Phi) is 11.9. The lowest BCUT2D eigenvalue weighted by molar-refractivity contribution is -0.141. The van der Waals surface area contributed by atoms with Gasteiger partial charge in [-0.1, -0.05) is 43.6 Å². The van der Waals surface area contributed by atoms with Crippen molar-refractivity contribution in [1.29, 1.82) is 0 Å². The van der Waals surface area contributed by atoms with Gasteiger partial charge in [-0.3, -0.25) is 9.59 Å². The molecular formula is C28H39ClN2O4. The number of nitrogens with one attached hydrogen (secondary N) is 1. The fourth-order valence-corrected chi connectivity index (χ4v) is 3.92. The average molecular weight is 503 g/mol. The van der Waals surface area contributed by atoms with Gasteiger partial charge in [0.05, 0.1) is 13.2 Å². The van der Waals surface area contributed by atoms with Crippen LogP contribution in [0.25, 0.3) is 0 Å². The molecule has 2 amide bonds. The van der Waals surface area contributed by atoms with Crippen LogP contribution in [0.2, 0.25) is 5.02 Å². The van der Waals surface area contributed by atoms with Gasteiger partial charge in [0.2, 0.25) is 11.8 Å². The van der Waals surface area contributed by atoms with E-state index in [1.165, 1.54) is 0 Å². The standard InChI is InChI=1S/C28H39ClN2O4/c1-6-20(5)30-28(33)24(7-2)31(19-22-10-14-23(29)15-11-22)27(32)17-13-21-12-16-25(34-8-3)26(18-21)35-9-4/h10-12,14-16,18,20,24H,6-9,13,17,19H2,1-5H3,(H,30,33). The largest absolute Gasteiger partial charge is 0.490 e. The van der Waals surface area contributed by atoms with Crippen LogP contribution in [0.3, 0.4) is 0 Å². The summed E-state index contributed by atoms with van der Waals surface area (Å²) < 4.78 is 11.4. The molecule has 0 fully saturated rings. The van der Waals surface area contributed by atoms with Crippen LogP contribution in [-0.4, -0.2) is 42.0 Å². The second-order valence-corrected chi connectivity index (χ2v) is 8.97. The number of aryl methyl sites for hydroxylation is 1. The summed E-state index contributed by atoms with van der Waals surface area (Å²) in [4.78, 5) is 28.3. The molecule has 0 spiro atoms. The molecule has 7 heteroatoms. The van der Waals surface area contributed by atoms with Crippen LogP contribution in [0.1, 0.15) is 65.0 Å². The van der Waals surface area contributed by atoms with E-state index >= 15 is 0 Å². The van der Waals surface area contributed by atoms with E-state index in [1.54, 1.807) is 17.0 Å². The summed E-state index contributed by atoms with van der Waals surface area (Å²) >= 11 is 6.04. The SMILES string of the molecule is CCOc1ccc(CCC(=O)N(Cc2ccc(Cl)cc2)C(CC)C(=O)NC(C)CC)cc1OCC. The minimum atomic E-state index is -0.550. The molecule has 0 radical (unpaired) electrons. The Balaban J connectivity index is 2.23. The predicted octanol–water partition coefficient (Wildman–Crippen LogP) is 5.79. The lowest BCUT2D eigenvalue weighted by Gasteiger charge is -2.31. The number of carbonyl (C=O) groups excluding carboxylic acids is 2. The molecule has 2 aromatic carbocycles. The summed E-state index contributed by atoms with van der Waals surface area (Å²) in [5.41, 5.74) is 1.91. The number of carbonyl (C=O) groups is 2. The summed E-state index contributed by atoms with van der Waals surface area (Å²) in [7, 11) is 0. The number of amides is 2. The highest BCUT2D eigenvalue weighted by Crippen LogP contribution is 2.29. The normalized spacial score (nSPS) is 12.5. The Labute approximate surface area is 214 Å². The van der Waals surface area contributed by atoms with E-state index in [9.17, 15) is 9.59 Å². The summed E-state index contributed by atoms with van der Waals surface area (Å²) in [5, 5.41) is 3.67. The van der Waals surface area contributed by atoms with Crippen molar-refractivity contribution in [2.24, 2.45) is 0 Å². The Hall–Kier alpha value is -2.73. The fraction of sp³-hybridized carbons (Fsp3) is 0.500. The molecule has 192 valence electrons. The van der Waals surface area contributed by atoms with Crippen LogP contribution in [0, 0.1) is 0 Å². The van der Waals surface area contributed by atoms with E-state index in [4.69, 9.17) is 21.1 Å². The third-order valence-electron chi connectivity index (χ3n) is 5.89. The first kappa shape index (κ1) is 28.5. The van der Waals surface area contributed by atoms with Crippen molar-refractivity contribution in [3.05, 3.63) is 58.6 Å². The molecule has 35 heavy (non-hydrogen) atoms. The Morgan fingerprint density at radius 1 is 0.914 bits per heavy atom. The zero-order valence-corrected chi connectivity index (χ0v) is 22.4. The van der Waals surface area contributed by atoms with Crippen molar-refractivity contribution in [3.63, 3.8) is 0 Å². The second kappa shape index (κ2) is 14.6. The fourth-order valence-electron chi connectivity index (χ4n) is 3.79. The van der Waals surface area contributed by atoms with Gasteiger partial charge in [0.25, 0.3) is 0 Å². The highest BCUT2D eigenvalue weighted by molar-refractivity contribution is 6.30. The van der Waals surface area contributed by atoms with Crippen LogP contribution in [-0.2, 0) is 22.6 Å². The van der Waals surface area contributed by atoms with Gasteiger partial charge in [-0.15, -0.1) is 0 Å². The minimum Gasteiger partial charge on any atom is -0.490 e. The number of halogens is 1. The van der Waals surface area contributed by atoms with Gasteiger partial charge >= 0.3 is 0 Å². The van der Waals surface area contributed by atoms with Gasteiger partial charge in [-0.05, 0) is 75.4 Å². The topological polar surface area (TPSA) is 67.9 Å². The molecule has 2 rings (SSSR count). The number of hydrogen-bond acceptors (Lipinski definition) is 4. The molecule has 0 aliphatic rings. The average Bonchev–Trinajstić information content (AvgIpc) is 2.85. The highest BCUT2D eigenvalue weighted by Gasteiger charge is 2.29. The molecule has 2 atom stereocenters. The van der Waals surface area contributed by atoms with Crippen LogP contribution >= 0.6 is 11.6 Å². The summed E-state index contributed by atoms with van der Waals surface area (Å²) in [6.45, 7) is 11.2. The van der Waals surface area contributed by atoms with Gasteiger partial charge < -0.3 is 19.7 Å². The quantitative estimate of drug-likeness (QED) is 0.355. The molecule has 2 unspecified atom stereocenters. The first-order valence-electron chi connectivity index (χ1n) is 12.6. The molecule has 0 saturated carbocycles. The maximum Gasteiger partial charge on any atom is 0.243 e. The van der Waals surface area contributed by atoms with Crippen LogP contribution in [0.4, 0.5) is 0 Å². The summed E-state index contributed by atoms with van der Waals surface area (Å²) in [5.74, 6) is 1.18. The second-order valence-electron chi connectivity index (χ2n) is 8.54. The summed E-state index contributed by atoms with van der Waals surface area (Å²) in [6, 6.07) is 12.6. The number of ether oxygens (including phenoxy) is 2. The lowest BCUT2D eigenvalue weighted by Crippen LogP contribution is -2.50. The zero-order valence-electron chi connectivity index (χ0n) is 21.6. The van der Waals surface area contributed by atoms with Crippen molar-refractivity contribution < 1.29 is 19.1 Å². The van der Waals surface area contributed by atoms with E-state index in [0.717, 1.165) is 17.5 Å². The van der Waals surface area contributed by atoms with Crippen molar-refractivity contribution in [2.45, 2.75) is 78.9 Å². The first-order valence-corrected chi connectivity index (χ1v) is 12.9. The van der Waals surface area contributed by atoms with Gasteiger partial charge in [-0.2, -0.15) is 0 Å². The number of nitrogens with zero attached hydrogens (tertiary/aromatic N) is 1. The van der Waals surface area contributed by atoms with Gasteiger partial charge in [0.1, 0.15) is 6.04 Å². The maximum absolute atomic E-state index is 13.5. The number of hydrogen-bond donors (Lipinski definition) is 1. The van der Waals surface area contributed by atoms with E-state index < -0.39 is 6.04 Å². The zero-order chi connectivity index (χ0) is 25.8. The number of rotatable bonds is 14. The van der Waals surface area contributed by atoms with Crippen LogP contribution < -0.4 is 14.8 Å². The Morgan fingerprint density at radius 3 is 2.14 bits per heavy atom. The molecule has 0 heterocycles. The van der Waals surface area contributed by atoms with E-state index in [2.05, 4.69) is 5.32 Å². The lowest BCUT2D eigenvalue weighted by atomic mass is 10.1. The maximum atomic E-state index is 13.5. The summed E-state index contributed by atoms with van der Waals surface area (Å²) in [6.07, 6.45) is 2.17. The minimum absolute atomic E-state index is 0.0462. The van der Waals surface area contributed by atoms with Crippen LogP contribution in [0.15, 0.2) is 42.5 Å². The van der Waals surface area contributed by atoms with Gasteiger partial charge in [0, 0.05) is 24.0 Å². The molecule has 6 nitrogen and oxygen atoms in total. The monoisotopic (exact) mass is 502 g/mol. The van der Waals surface area contributed by atoms with Crippen molar-refractivity contribution >= 4 is 23.4 Å². The third kappa shape index (κ3) is 8.77. The molecule has 2 aromatic rings. The van der Waals surface area contributed by atoms with Crippen molar-refractivity contribution in [2.75, 3.05) is 13.2 Å². The van der Waals surface area contributed by atoms with E-state index in [-0.39, 0.29) is 24.3 Å². The first-order chi connectivity index (χ1) is 16.8. The number of benzene rings is 2. The molecule has 0 aliphatic heterocycles. The van der Waals surface area contributed by atoms with E-state index in [0.29, 0.717) is 49.1 Å². The van der Waals surface area contributed by atoms with Crippen molar-refractivity contribution in [3.8, 4) is 11.5 Å². The predicted molar refractivity (Wildman–Crippen MR) is 141 cm³/mol. The third-order valence-corrected chi connectivity index (χ3v) is 6.14. The Morgan fingerprint density at radius 2 is 1.54 bits per heavy atom. The highest BCUT2D eigenvalue weighted by atomic mass is 35.5. The van der Waals surface area contributed by atoms with E-state index in [1.807, 2.05) is 65.0 Å². The molecule has 0 saturated heterocycles. The van der Waals surface area contributed by atoms with Gasteiger partial charge in [0.15, 0.2) is 11.5 Å². The molecule has 0 aliphatic carbocycles. The van der Waals surface area contributed by atoms with Crippen LogP contribution in [0.5, 0.6) is 11.5 Å². The molecular weight excluding hydrogens is 464 g/mol. The van der Waals surface area contributed by atoms with Crippen molar-refractivity contribution in [1.82, 2.24) is 10.2 Å². The smallest absolute Gasteiger partial charge is 0.243 e. The molecule has 0 bridgehead atoms.